The van der Waals surface area contributed by atoms with Crippen molar-refractivity contribution >= 4 is 31.5 Å². The molecule has 1 aromatic heterocycles. The predicted molar refractivity (Wildman–Crippen MR) is 142 cm³/mol. The van der Waals surface area contributed by atoms with Crippen molar-refractivity contribution in [3.63, 3.8) is 0 Å². The maximum absolute atomic E-state index is 12.4. The number of aromatic nitrogens is 3. The monoisotopic (exact) mass is 589 g/mol. The second kappa shape index (κ2) is 11.5. The van der Waals surface area contributed by atoms with Crippen molar-refractivity contribution in [1.29, 1.82) is 0 Å². The second-order valence-electron chi connectivity index (χ2n) is 9.60. The normalized spacial score (nSPS) is 26.0. The van der Waals surface area contributed by atoms with Crippen LogP contribution in [0.5, 0.6) is 5.75 Å². The number of aliphatic imine (C=N–C) groups is 1. The maximum atomic E-state index is 12.4. The number of rotatable bonds is 10. The van der Waals surface area contributed by atoms with E-state index in [0.29, 0.717) is 5.02 Å². The number of amidine groups is 1. The Morgan fingerprint density at radius 1 is 1.36 bits per heavy atom. The van der Waals surface area contributed by atoms with Gasteiger partial charge in [0.25, 0.3) is 0 Å². The van der Waals surface area contributed by atoms with E-state index >= 15 is 0 Å². The number of fused-ring (bicyclic) bond motifs is 1. The summed E-state index contributed by atoms with van der Waals surface area (Å²) in [5, 5.41) is 33.3. The molecule has 0 spiro atoms. The molecule has 0 radical (unpaired) electrons. The van der Waals surface area contributed by atoms with Crippen LogP contribution < -0.4 is 20.8 Å². The first kappa shape index (κ1) is 29.4. The number of hydrogen-bond donors (Lipinski definition) is 6. The Balaban J connectivity index is 1.52. The number of carbonyl (C=O) groups excluding carboxylic acids is 1. The van der Waals surface area contributed by atoms with Crippen molar-refractivity contribution < 1.29 is 38.4 Å². The zero-order valence-electron chi connectivity index (χ0n) is 21.7. The molecular weight excluding hydrogens is 557 g/mol. The number of esters is 1. The Morgan fingerprint density at radius 2 is 2.05 bits per heavy atom. The number of aliphatic hydroxyl groups is 2. The molecular formula is C22H33ClN7O8P. The molecule has 15 nitrogen and oxygen atoms in total. The van der Waals surface area contributed by atoms with Gasteiger partial charge in [0.15, 0.2) is 0 Å². The Bertz CT molecular complexity index is 1210. The van der Waals surface area contributed by atoms with Gasteiger partial charge in [-0.2, -0.15) is 0 Å². The fourth-order valence-electron chi connectivity index (χ4n) is 4.05. The van der Waals surface area contributed by atoms with Crippen molar-refractivity contribution in [2.45, 2.75) is 63.8 Å². The van der Waals surface area contributed by atoms with Crippen LogP contribution in [-0.4, -0.2) is 85.0 Å². The van der Waals surface area contributed by atoms with Gasteiger partial charge < -0.3 is 0 Å². The first-order chi connectivity index (χ1) is 18.3. The van der Waals surface area contributed by atoms with Crippen molar-refractivity contribution in [2.24, 2.45) is 10.7 Å². The van der Waals surface area contributed by atoms with Gasteiger partial charge in [0.1, 0.15) is 0 Å². The molecule has 17 heteroatoms. The van der Waals surface area contributed by atoms with Crippen molar-refractivity contribution in [2.75, 3.05) is 18.7 Å². The van der Waals surface area contributed by atoms with Gasteiger partial charge >= 0.3 is 230 Å². The number of ether oxygens (including phenoxy) is 2. The third-order valence-corrected chi connectivity index (χ3v) is 8.16. The minimum absolute atomic E-state index is 0.150. The van der Waals surface area contributed by atoms with Crippen LogP contribution in [0, 0.1) is 0 Å². The van der Waals surface area contributed by atoms with Crippen molar-refractivity contribution in [3.05, 3.63) is 40.9 Å². The number of aliphatic hydroxyl groups excluding tert-OH is 1. The minimum atomic E-state index is -4.39. The van der Waals surface area contributed by atoms with Crippen molar-refractivity contribution in [1.82, 2.24) is 20.0 Å². The van der Waals surface area contributed by atoms with Crippen LogP contribution in [0.15, 0.2) is 29.3 Å². The number of benzene rings is 1. The molecule has 0 saturated carbocycles. The number of nitrogens with one attached hydrogen (secondary N) is 2. The van der Waals surface area contributed by atoms with Gasteiger partial charge in [-0.05, 0) is 0 Å². The third kappa shape index (κ3) is 6.42. The first-order valence-electron chi connectivity index (χ1n) is 12.1. The zero-order valence-corrected chi connectivity index (χ0v) is 23.5. The van der Waals surface area contributed by atoms with Gasteiger partial charge in [0.05, 0.1) is 0 Å². The second-order valence-corrected chi connectivity index (χ2v) is 12.0. The molecule has 1 fully saturated rings. The molecule has 39 heavy (non-hydrogen) atoms. The van der Waals surface area contributed by atoms with E-state index in [2.05, 4.69) is 25.7 Å². The van der Waals surface area contributed by atoms with E-state index in [9.17, 15) is 19.9 Å². The molecule has 1 saturated heterocycles. The van der Waals surface area contributed by atoms with Gasteiger partial charge in [-0.1, -0.05) is 0 Å². The zero-order chi connectivity index (χ0) is 28.5. The van der Waals surface area contributed by atoms with Crippen LogP contribution >= 0.6 is 19.7 Å². The number of nitrogens with two attached hydrogens (primary N) is 1. The summed E-state index contributed by atoms with van der Waals surface area (Å²) in [6.07, 6.45) is -4.14. The number of carbonyl (C=O) groups is 1. The van der Waals surface area contributed by atoms with Gasteiger partial charge in [-0.15, -0.1) is 0 Å². The summed E-state index contributed by atoms with van der Waals surface area (Å²) in [5.74, 6) is 0.115. The van der Waals surface area contributed by atoms with Gasteiger partial charge in [-0.25, -0.2) is 0 Å². The fourth-order valence-corrected chi connectivity index (χ4v) is 5.88. The number of nitrogens with zero attached hydrogens (tertiary/aromatic N) is 4. The number of hydrogen-bond acceptors (Lipinski definition) is 14. The quantitative estimate of drug-likeness (QED) is 0.161. The van der Waals surface area contributed by atoms with E-state index < -0.39 is 50.6 Å². The van der Waals surface area contributed by atoms with Crippen LogP contribution in [-0.2, 0) is 18.8 Å². The Kier molecular flexibility index (Phi) is 8.64. The molecule has 0 amide bonds. The van der Waals surface area contributed by atoms with Gasteiger partial charge in [-0.3, -0.25) is 0 Å². The SMILES string of the molecule is CC(C)OC(=O)[C@H](C)N[PH](O)(OC[C@H]1O[C@@H](c2nnc3n2NCN=C3N)[C@](C)(O)[C@@H]1O)Oc1ccc(Cl)cc1. The summed E-state index contributed by atoms with van der Waals surface area (Å²) < 4.78 is 24.1. The molecule has 4 rings (SSSR count). The van der Waals surface area contributed by atoms with E-state index in [4.69, 9.17) is 35.9 Å². The molecule has 1 aromatic carbocycles. The Labute approximate surface area is 229 Å². The predicted octanol–water partition coefficient (Wildman–Crippen LogP) is 0.131. The molecule has 5 atom stereocenters. The summed E-state index contributed by atoms with van der Waals surface area (Å²) >= 11 is 5.94. The molecule has 2 aliphatic heterocycles. The van der Waals surface area contributed by atoms with E-state index in [1.54, 1.807) is 26.0 Å². The van der Waals surface area contributed by atoms with Crippen LogP contribution in [0.4, 0.5) is 0 Å². The molecule has 2 aromatic rings. The van der Waals surface area contributed by atoms with Crippen molar-refractivity contribution in [3.8, 4) is 5.75 Å². The summed E-state index contributed by atoms with van der Waals surface area (Å²) in [5.41, 5.74) is 6.96. The van der Waals surface area contributed by atoms with Gasteiger partial charge in [0, 0.05) is 0 Å². The van der Waals surface area contributed by atoms with E-state index in [0.717, 1.165) is 0 Å². The summed E-state index contributed by atoms with van der Waals surface area (Å²) in [4.78, 5) is 27.8. The van der Waals surface area contributed by atoms with Crippen LogP contribution in [0.25, 0.3) is 0 Å². The first-order valence-corrected chi connectivity index (χ1v) is 14.3. The van der Waals surface area contributed by atoms with E-state index in [1.165, 1.54) is 30.7 Å². The molecule has 0 aliphatic carbocycles. The summed E-state index contributed by atoms with van der Waals surface area (Å²) in [7, 11) is -4.39. The number of halogens is 1. The van der Waals surface area contributed by atoms with Gasteiger partial charge in [0.2, 0.25) is 0 Å². The standard InChI is InChI=1S/C22H33ClN7O8P/c1-11(2)36-21(32)12(3)29-39(34,38-14-7-5-13(23)6-8-14)35-9-15-16(31)22(4,33)17(37-15)19-27-28-20-18(24)25-10-26-30(19)20/h5-8,11-12,15-17,26,29,31,33-34,39H,9-10H2,1-4H3,(H2,24,25)/t12-,15+,16+,17-,22+/m0/s1. The summed E-state index contributed by atoms with van der Waals surface area (Å²) in [6, 6.07) is 5.13. The van der Waals surface area contributed by atoms with Crippen LogP contribution in [0.2, 0.25) is 5.02 Å². The average molecular weight is 590 g/mol. The average Bonchev–Trinajstić information content (AvgIpc) is 3.38. The summed E-state index contributed by atoms with van der Waals surface area (Å²) in [6.45, 7) is 5.97. The Hall–Kier alpha value is -2.62. The molecule has 0 bridgehead atoms. The van der Waals surface area contributed by atoms with Crippen LogP contribution in [0.1, 0.15) is 45.4 Å². The molecule has 216 valence electrons. The fraction of sp³-hybridized carbons (Fsp3) is 0.545. The Morgan fingerprint density at radius 3 is 2.72 bits per heavy atom. The van der Waals surface area contributed by atoms with E-state index in [1.807, 2.05) is 0 Å². The van der Waals surface area contributed by atoms with E-state index in [-0.39, 0.29) is 36.0 Å². The topological polar surface area (TPSA) is 208 Å². The molecule has 2 aliphatic rings. The third-order valence-electron chi connectivity index (χ3n) is 6.04. The molecule has 7 N–H and O–H groups in total. The molecule has 3 heterocycles. The molecule has 0 unspecified atom stereocenters. The van der Waals surface area contributed by atoms with Crippen LogP contribution in [0.3, 0.4) is 0 Å².